The van der Waals surface area contributed by atoms with Gasteiger partial charge in [0.15, 0.2) is 23.1 Å². The highest BCUT2D eigenvalue weighted by Gasteiger charge is 2.24. The number of hydrogen-bond donors (Lipinski definition) is 2. The van der Waals surface area contributed by atoms with Gasteiger partial charge in [-0.3, -0.25) is 10.1 Å². The second kappa shape index (κ2) is 8.36. The van der Waals surface area contributed by atoms with E-state index in [0.29, 0.717) is 5.56 Å². The molecule has 2 N–H and O–H groups in total. The first kappa shape index (κ1) is 19.1. The number of nitrogens with zero attached hydrogens (tertiary/aromatic N) is 2. The van der Waals surface area contributed by atoms with Crippen LogP contribution in [0, 0.1) is 15.9 Å². The lowest BCUT2D eigenvalue weighted by molar-refractivity contribution is -0.575. The third-order valence-corrected chi connectivity index (χ3v) is 4.18. The van der Waals surface area contributed by atoms with Gasteiger partial charge in [-0.15, -0.1) is 0 Å². The number of aliphatic hydroxyl groups excluding tert-OH is 1. The molecule has 6 nitrogen and oxygen atoms in total. The van der Waals surface area contributed by atoms with E-state index in [9.17, 15) is 19.6 Å². The van der Waals surface area contributed by atoms with E-state index in [1.165, 1.54) is 36.4 Å². The summed E-state index contributed by atoms with van der Waals surface area (Å²) in [5.74, 6) is -0.697. The van der Waals surface area contributed by atoms with Gasteiger partial charge in [-0.25, -0.2) is 4.39 Å². The molecule has 8 heteroatoms. The van der Waals surface area contributed by atoms with Crippen molar-refractivity contribution in [2.75, 3.05) is 5.32 Å². The van der Waals surface area contributed by atoms with Crippen molar-refractivity contribution in [3.8, 4) is 0 Å². The molecule has 3 rings (SSSR count). The van der Waals surface area contributed by atoms with Crippen molar-refractivity contribution < 1.29 is 19.0 Å². The first-order chi connectivity index (χ1) is 13.5. The molecule has 0 aliphatic rings. The summed E-state index contributed by atoms with van der Waals surface area (Å²) in [6.45, 7) is 0. The van der Waals surface area contributed by atoms with Gasteiger partial charge in [0.05, 0.1) is 10.6 Å². The normalized spacial score (nSPS) is 11.5. The smallest absolute Gasteiger partial charge is 0.288 e. The van der Waals surface area contributed by atoms with E-state index in [2.05, 4.69) is 5.32 Å². The molecule has 1 aromatic heterocycles. The minimum atomic E-state index is -0.526. The number of nitro groups is 1. The quantitative estimate of drug-likeness (QED) is 0.167. The molecule has 28 heavy (non-hydrogen) atoms. The second-order valence-electron chi connectivity index (χ2n) is 5.72. The Balaban J connectivity index is 2.06. The van der Waals surface area contributed by atoms with Gasteiger partial charge in [0, 0.05) is 29.8 Å². The van der Waals surface area contributed by atoms with Crippen LogP contribution < -0.4 is 9.88 Å². The number of thiocarbonyl (C=S) groups is 1. The average molecular weight is 396 g/mol. The predicted octanol–water partition coefficient (Wildman–Crippen LogP) is 4.34. The van der Waals surface area contributed by atoms with Crippen molar-refractivity contribution in [2.24, 2.45) is 0 Å². The van der Waals surface area contributed by atoms with Crippen molar-refractivity contribution in [3.05, 3.63) is 101 Å². The Bertz CT molecular complexity index is 1050. The zero-order valence-corrected chi connectivity index (χ0v) is 15.3. The van der Waals surface area contributed by atoms with Crippen molar-refractivity contribution in [1.29, 1.82) is 0 Å². The van der Waals surface area contributed by atoms with Gasteiger partial charge in [-0.05, 0) is 24.3 Å². The SMILES string of the molecule is O=[N+]([O-])c1ccc(/C(O)=C(\C(=S)Nc2ccccc2F)[n+]2ccccc2)cc1. The van der Waals surface area contributed by atoms with Gasteiger partial charge in [-0.2, -0.15) is 4.57 Å². The Morgan fingerprint density at radius 2 is 1.68 bits per heavy atom. The molecule has 0 saturated heterocycles. The summed E-state index contributed by atoms with van der Waals surface area (Å²) in [5, 5.41) is 24.5. The van der Waals surface area contributed by atoms with Crippen molar-refractivity contribution >= 4 is 40.0 Å². The number of halogens is 1. The summed E-state index contributed by atoms with van der Waals surface area (Å²) < 4.78 is 15.6. The number of aromatic nitrogens is 1. The van der Waals surface area contributed by atoms with Gasteiger partial charge < -0.3 is 10.4 Å². The number of hydrogen-bond acceptors (Lipinski definition) is 4. The maximum absolute atomic E-state index is 14.0. The third-order valence-electron chi connectivity index (χ3n) is 3.89. The fraction of sp³-hybridized carbons (Fsp3) is 0. The van der Waals surface area contributed by atoms with Gasteiger partial charge >= 0.3 is 0 Å². The van der Waals surface area contributed by atoms with Gasteiger partial charge in [-0.1, -0.05) is 30.4 Å². The molecule has 0 aliphatic heterocycles. The van der Waals surface area contributed by atoms with E-state index in [1.807, 2.05) is 0 Å². The first-order valence-corrected chi connectivity index (χ1v) is 8.59. The third kappa shape index (κ3) is 4.18. The second-order valence-corrected chi connectivity index (χ2v) is 6.13. The molecule has 1 heterocycles. The topological polar surface area (TPSA) is 79.3 Å². The molecule has 0 radical (unpaired) electrons. The monoisotopic (exact) mass is 396 g/mol. The van der Waals surface area contributed by atoms with Gasteiger partial charge in [0.2, 0.25) is 0 Å². The Morgan fingerprint density at radius 1 is 1.04 bits per heavy atom. The number of anilines is 1. The van der Waals surface area contributed by atoms with Crippen LogP contribution in [-0.2, 0) is 0 Å². The molecule has 0 bridgehead atoms. The lowest BCUT2D eigenvalue weighted by Crippen LogP contribution is -2.38. The van der Waals surface area contributed by atoms with Crippen LogP contribution in [0.25, 0.3) is 11.5 Å². The molecule has 140 valence electrons. The van der Waals surface area contributed by atoms with Crippen molar-refractivity contribution in [3.63, 3.8) is 0 Å². The Kier molecular flexibility index (Phi) is 5.71. The molecule has 3 aromatic rings. The summed E-state index contributed by atoms with van der Waals surface area (Å²) in [6.07, 6.45) is 3.35. The number of non-ortho nitro benzene ring substituents is 1. The van der Waals surface area contributed by atoms with Crippen LogP contribution >= 0.6 is 12.2 Å². The predicted molar refractivity (Wildman–Crippen MR) is 108 cm³/mol. The minimum absolute atomic E-state index is 0.0807. The van der Waals surface area contributed by atoms with E-state index >= 15 is 0 Å². The van der Waals surface area contributed by atoms with Crippen LogP contribution in [0.4, 0.5) is 15.8 Å². The zero-order chi connectivity index (χ0) is 20.1. The van der Waals surface area contributed by atoms with Crippen LogP contribution in [0.2, 0.25) is 0 Å². The Labute approximate surface area is 165 Å². The number of benzene rings is 2. The molecular weight excluding hydrogens is 381 g/mol. The molecule has 0 saturated carbocycles. The molecule has 2 aromatic carbocycles. The summed E-state index contributed by atoms with van der Waals surface area (Å²) in [5.41, 5.74) is 0.595. The van der Waals surface area contributed by atoms with E-state index in [-0.39, 0.29) is 27.8 Å². The number of rotatable bonds is 5. The zero-order valence-electron chi connectivity index (χ0n) is 14.4. The average Bonchev–Trinajstić information content (AvgIpc) is 2.70. The van der Waals surface area contributed by atoms with Crippen LogP contribution in [0.15, 0.2) is 79.1 Å². The van der Waals surface area contributed by atoms with Crippen LogP contribution in [-0.4, -0.2) is 15.0 Å². The fourth-order valence-electron chi connectivity index (χ4n) is 2.52. The summed E-state index contributed by atoms with van der Waals surface area (Å²) in [7, 11) is 0. The molecule has 0 spiro atoms. The molecule has 0 atom stereocenters. The highest BCUT2D eigenvalue weighted by atomic mass is 32.1. The number of aliphatic hydroxyl groups is 1. The molecule has 0 unspecified atom stereocenters. The van der Waals surface area contributed by atoms with Gasteiger partial charge in [0.1, 0.15) is 5.82 Å². The first-order valence-electron chi connectivity index (χ1n) is 8.18. The van der Waals surface area contributed by atoms with E-state index in [0.717, 1.165) is 0 Å². The maximum atomic E-state index is 14.0. The van der Waals surface area contributed by atoms with E-state index < -0.39 is 10.7 Å². The molecular formula is C20H15FN3O3S+. The Morgan fingerprint density at radius 3 is 2.29 bits per heavy atom. The summed E-state index contributed by atoms with van der Waals surface area (Å²) >= 11 is 5.42. The van der Waals surface area contributed by atoms with E-state index in [1.54, 1.807) is 47.3 Å². The lowest BCUT2D eigenvalue weighted by Gasteiger charge is -2.10. The number of nitrogens with one attached hydrogen (secondary N) is 1. The van der Waals surface area contributed by atoms with Gasteiger partial charge in [0.25, 0.3) is 11.4 Å². The van der Waals surface area contributed by atoms with Crippen LogP contribution in [0.5, 0.6) is 0 Å². The largest absolute Gasteiger partial charge is 0.502 e. The summed E-state index contributed by atoms with van der Waals surface area (Å²) in [6, 6.07) is 16.7. The summed E-state index contributed by atoms with van der Waals surface area (Å²) in [4.78, 5) is 10.4. The number of nitro benzene ring substituents is 1. The highest BCUT2D eigenvalue weighted by molar-refractivity contribution is 7.81. The van der Waals surface area contributed by atoms with Crippen molar-refractivity contribution in [2.45, 2.75) is 0 Å². The Hall–Kier alpha value is -3.65. The molecule has 0 fully saturated rings. The molecule has 0 amide bonds. The standard InChI is InChI=1S/C20H14FN3O3S/c21-16-6-2-3-7-17(16)22-20(28)18(23-12-4-1-5-13-23)19(25)14-8-10-15(11-9-14)24(26)27/h1-13H,(H-,22,25,28)/p+1. The van der Waals surface area contributed by atoms with E-state index in [4.69, 9.17) is 12.2 Å². The van der Waals surface area contributed by atoms with Crippen LogP contribution in [0.3, 0.4) is 0 Å². The van der Waals surface area contributed by atoms with Crippen LogP contribution in [0.1, 0.15) is 5.56 Å². The molecule has 0 aliphatic carbocycles. The maximum Gasteiger partial charge on any atom is 0.288 e. The number of para-hydroxylation sites is 1. The number of pyridine rings is 1. The minimum Gasteiger partial charge on any atom is -0.502 e. The van der Waals surface area contributed by atoms with Crippen molar-refractivity contribution in [1.82, 2.24) is 0 Å². The highest BCUT2D eigenvalue weighted by Crippen LogP contribution is 2.22. The lowest BCUT2D eigenvalue weighted by atomic mass is 10.1. The fourth-order valence-corrected chi connectivity index (χ4v) is 2.83.